The van der Waals surface area contributed by atoms with Crippen LogP contribution in [-0.2, 0) is 9.59 Å². The summed E-state index contributed by atoms with van der Waals surface area (Å²) in [4.78, 5) is 35.2. The highest BCUT2D eigenvalue weighted by Gasteiger charge is 2.31. The zero-order chi connectivity index (χ0) is 15.4. The number of benzene rings is 1. The van der Waals surface area contributed by atoms with Gasteiger partial charge in [-0.05, 0) is 30.7 Å². The summed E-state index contributed by atoms with van der Waals surface area (Å²) in [5, 5.41) is 8.93. The van der Waals surface area contributed by atoms with E-state index in [-0.39, 0.29) is 19.1 Å². The van der Waals surface area contributed by atoms with Crippen LogP contribution in [0.3, 0.4) is 0 Å². The Balaban J connectivity index is 1.97. The lowest BCUT2D eigenvalue weighted by atomic mass is 10.1. The van der Waals surface area contributed by atoms with Gasteiger partial charge in [-0.2, -0.15) is 0 Å². The molecule has 0 saturated carbocycles. The molecule has 0 aromatic heterocycles. The van der Waals surface area contributed by atoms with Crippen molar-refractivity contribution in [3.63, 3.8) is 0 Å². The molecule has 1 unspecified atom stereocenters. The van der Waals surface area contributed by atoms with Gasteiger partial charge in [0.25, 0.3) is 11.8 Å². The Morgan fingerprint density at radius 3 is 2.48 bits per heavy atom. The molecule has 1 aromatic carbocycles. The second-order valence-electron chi connectivity index (χ2n) is 4.85. The van der Waals surface area contributed by atoms with Gasteiger partial charge in [-0.25, -0.2) is 0 Å². The Labute approximate surface area is 121 Å². The van der Waals surface area contributed by atoms with Crippen LogP contribution in [0.15, 0.2) is 24.3 Å². The fourth-order valence-corrected chi connectivity index (χ4v) is 2.18. The number of hydrogen-bond donors (Lipinski definition) is 2. The molecule has 7 heteroatoms. The predicted octanol–water partition coefficient (Wildman–Crippen LogP) is 0.0974. The quantitative estimate of drug-likeness (QED) is 0.799. The average molecular weight is 292 g/mol. The summed E-state index contributed by atoms with van der Waals surface area (Å²) >= 11 is 0. The van der Waals surface area contributed by atoms with E-state index in [2.05, 4.69) is 0 Å². The lowest BCUT2D eigenvalue weighted by Crippen LogP contribution is -2.29. The van der Waals surface area contributed by atoms with Gasteiger partial charge in [-0.15, -0.1) is 0 Å². The standard InChI is InChI=1S/C14H16N2O5/c15-12(17)8-21-11-3-1-9(2-4-11)13(18)16-6-5-10(7-16)14(19)20/h1-4,10H,5-8H2,(H2,15,17)(H,19,20). The van der Waals surface area contributed by atoms with Gasteiger partial charge in [0.1, 0.15) is 5.75 Å². The van der Waals surface area contributed by atoms with Gasteiger partial charge in [-0.1, -0.05) is 0 Å². The second kappa shape index (κ2) is 6.25. The molecule has 2 rings (SSSR count). The van der Waals surface area contributed by atoms with E-state index in [9.17, 15) is 14.4 Å². The second-order valence-corrected chi connectivity index (χ2v) is 4.85. The fraction of sp³-hybridized carbons (Fsp3) is 0.357. The number of primary amides is 1. The van der Waals surface area contributed by atoms with E-state index in [4.69, 9.17) is 15.6 Å². The smallest absolute Gasteiger partial charge is 0.308 e. The maximum Gasteiger partial charge on any atom is 0.308 e. The Kier molecular flexibility index (Phi) is 4.42. The molecule has 112 valence electrons. The monoisotopic (exact) mass is 292 g/mol. The highest BCUT2D eigenvalue weighted by atomic mass is 16.5. The van der Waals surface area contributed by atoms with E-state index >= 15 is 0 Å². The molecule has 7 nitrogen and oxygen atoms in total. The van der Waals surface area contributed by atoms with E-state index < -0.39 is 17.8 Å². The van der Waals surface area contributed by atoms with Crippen LogP contribution in [0.1, 0.15) is 16.8 Å². The third kappa shape index (κ3) is 3.71. The number of carboxylic acid groups (broad SMARTS) is 1. The maximum atomic E-state index is 12.2. The number of nitrogens with zero attached hydrogens (tertiary/aromatic N) is 1. The SMILES string of the molecule is NC(=O)COc1ccc(C(=O)N2CCC(C(=O)O)C2)cc1. The molecule has 1 aliphatic rings. The van der Waals surface area contributed by atoms with Gasteiger partial charge >= 0.3 is 5.97 Å². The van der Waals surface area contributed by atoms with Crippen LogP contribution in [0.4, 0.5) is 0 Å². The van der Waals surface area contributed by atoms with E-state index in [0.29, 0.717) is 24.3 Å². The molecule has 0 bridgehead atoms. The number of aliphatic carboxylic acids is 1. The van der Waals surface area contributed by atoms with Crippen molar-refractivity contribution < 1.29 is 24.2 Å². The van der Waals surface area contributed by atoms with Crippen LogP contribution in [0.5, 0.6) is 5.75 Å². The maximum absolute atomic E-state index is 12.2. The van der Waals surface area contributed by atoms with Crippen molar-refractivity contribution in [1.29, 1.82) is 0 Å². The minimum atomic E-state index is -0.875. The minimum absolute atomic E-state index is 0.208. The van der Waals surface area contributed by atoms with Crippen molar-refractivity contribution in [1.82, 2.24) is 4.90 Å². The summed E-state index contributed by atoms with van der Waals surface area (Å²) in [6.45, 7) is 0.448. The molecule has 1 fully saturated rings. The molecular formula is C14H16N2O5. The molecule has 0 radical (unpaired) electrons. The number of carbonyl (C=O) groups excluding carboxylic acids is 2. The molecule has 21 heavy (non-hydrogen) atoms. The number of hydrogen-bond acceptors (Lipinski definition) is 4. The van der Waals surface area contributed by atoms with Crippen LogP contribution < -0.4 is 10.5 Å². The lowest BCUT2D eigenvalue weighted by molar-refractivity contribution is -0.141. The molecule has 3 N–H and O–H groups in total. The fourth-order valence-electron chi connectivity index (χ4n) is 2.18. The van der Waals surface area contributed by atoms with Crippen LogP contribution >= 0.6 is 0 Å². The Hall–Kier alpha value is -2.57. The first-order chi connectivity index (χ1) is 9.97. The van der Waals surface area contributed by atoms with Gasteiger partial charge in [0.05, 0.1) is 5.92 Å². The normalized spacial score (nSPS) is 17.5. The number of carbonyl (C=O) groups is 3. The Morgan fingerprint density at radius 2 is 1.95 bits per heavy atom. The Bertz CT molecular complexity index is 555. The summed E-state index contributed by atoms with van der Waals surface area (Å²) in [5.41, 5.74) is 5.42. The van der Waals surface area contributed by atoms with Crippen molar-refractivity contribution >= 4 is 17.8 Å². The highest BCUT2D eigenvalue weighted by Crippen LogP contribution is 2.20. The number of ether oxygens (including phenoxy) is 1. The van der Waals surface area contributed by atoms with Crippen LogP contribution in [0.25, 0.3) is 0 Å². The zero-order valence-electron chi connectivity index (χ0n) is 11.3. The summed E-state index contributed by atoms with van der Waals surface area (Å²) in [7, 11) is 0. The van der Waals surface area contributed by atoms with Crippen molar-refractivity contribution in [3.8, 4) is 5.75 Å². The topological polar surface area (TPSA) is 110 Å². The number of carboxylic acids is 1. The summed E-state index contributed by atoms with van der Waals surface area (Å²) in [5.74, 6) is -1.71. The largest absolute Gasteiger partial charge is 0.484 e. The van der Waals surface area contributed by atoms with Crippen LogP contribution in [0, 0.1) is 5.92 Å². The van der Waals surface area contributed by atoms with Gasteiger partial charge in [-0.3, -0.25) is 14.4 Å². The highest BCUT2D eigenvalue weighted by molar-refractivity contribution is 5.95. The zero-order valence-corrected chi connectivity index (χ0v) is 11.3. The van der Waals surface area contributed by atoms with Crippen LogP contribution in [0.2, 0.25) is 0 Å². The van der Waals surface area contributed by atoms with Gasteiger partial charge in [0, 0.05) is 18.7 Å². The average Bonchev–Trinajstić information content (AvgIpc) is 2.95. The number of nitrogens with two attached hydrogens (primary N) is 1. The molecule has 2 amide bonds. The van der Waals surface area contributed by atoms with Crippen molar-refractivity contribution in [2.75, 3.05) is 19.7 Å². The van der Waals surface area contributed by atoms with Crippen molar-refractivity contribution in [3.05, 3.63) is 29.8 Å². The molecule has 1 saturated heterocycles. The predicted molar refractivity (Wildman–Crippen MR) is 72.8 cm³/mol. The summed E-state index contributed by atoms with van der Waals surface area (Å²) in [6, 6.07) is 6.29. The Morgan fingerprint density at radius 1 is 1.29 bits per heavy atom. The number of likely N-dealkylation sites (tertiary alicyclic amines) is 1. The first-order valence-corrected chi connectivity index (χ1v) is 6.50. The molecule has 0 spiro atoms. The summed E-state index contributed by atoms with van der Waals surface area (Å²) in [6.07, 6.45) is 0.473. The lowest BCUT2D eigenvalue weighted by Gasteiger charge is -2.16. The van der Waals surface area contributed by atoms with E-state index in [1.807, 2.05) is 0 Å². The van der Waals surface area contributed by atoms with Crippen molar-refractivity contribution in [2.45, 2.75) is 6.42 Å². The van der Waals surface area contributed by atoms with Gasteiger partial charge in [0.15, 0.2) is 6.61 Å². The molecule has 0 aliphatic carbocycles. The van der Waals surface area contributed by atoms with Gasteiger partial charge in [0.2, 0.25) is 0 Å². The van der Waals surface area contributed by atoms with Crippen molar-refractivity contribution in [2.24, 2.45) is 11.7 Å². The van der Waals surface area contributed by atoms with E-state index in [0.717, 1.165) is 0 Å². The minimum Gasteiger partial charge on any atom is -0.484 e. The first kappa shape index (κ1) is 14.8. The third-order valence-electron chi connectivity index (χ3n) is 3.31. The molecule has 1 heterocycles. The van der Waals surface area contributed by atoms with Gasteiger partial charge < -0.3 is 20.5 Å². The molecular weight excluding hydrogens is 276 g/mol. The summed E-state index contributed by atoms with van der Waals surface area (Å²) < 4.78 is 5.10. The van der Waals surface area contributed by atoms with E-state index in [1.54, 1.807) is 24.3 Å². The molecule has 1 aromatic rings. The van der Waals surface area contributed by atoms with Crippen LogP contribution in [-0.4, -0.2) is 47.5 Å². The number of rotatable bonds is 5. The first-order valence-electron chi connectivity index (χ1n) is 6.50. The number of amides is 2. The molecule has 1 atom stereocenters. The van der Waals surface area contributed by atoms with E-state index in [1.165, 1.54) is 4.90 Å². The third-order valence-corrected chi connectivity index (χ3v) is 3.31. The molecule has 1 aliphatic heterocycles.